The van der Waals surface area contributed by atoms with Crippen molar-refractivity contribution in [1.82, 2.24) is 9.97 Å². The number of fused-ring (bicyclic) bond motifs is 2. The van der Waals surface area contributed by atoms with Gasteiger partial charge in [0.05, 0.1) is 0 Å². The summed E-state index contributed by atoms with van der Waals surface area (Å²) in [5, 5.41) is 0. The third kappa shape index (κ3) is 2.44. The summed E-state index contributed by atoms with van der Waals surface area (Å²) < 4.78 is 0. The van der Waals surface area contributed by atoms with Crippen molar-refractivity contribution in [3.8, 4) is 0 Å². The number of hydrogen-bond donors (Lipinski definition) is 1. The van der Waals surface area contributed by atoms with Crippen LogP contribution in [0.5, 0.6) is 0 Å². The number of nitrogens with two attached hydrogens (primary N) is 1. The van der Waals surface area contributed by atoms with E-state index in [4.69, 9.17) is 5.73 Å². The van der Waals surface area contributed by atoms with Gasteiger partial charge in [0, 0.05) is 30.4 Å². The minimum atomic E-state index is 0.397. The number of rotatable bonds is 1. The molecule has 4 nitrogen and oxygen atoms in total. The molecule has 1 aromatic heterocycles. The van der Waals surface area contributed by atoms with Crippen LogP contribution in [0.4, 0.5) is 5.82 Å². The summed E-state index contributed by atoms with van der Waals surface area (Å²) in [7, 11) is 0. The zero-order valence-corrected chi connectivity index (χ0v) is 12.8. The average molecular weight is 286 g/mol. The Labute approximate surface area is 127 Å². The van der Waals surface area contributed by atoms with Crippen molar-refractivity contribution in [3.63, 3.8) is 0 Å². The molecule has 3 unspecified atom stereocenters. The fourth-order valence-electron chi connectivity index (χ4n) is 4.64. The topological polar surface area (TPSA) is 55.0 Å². The van der Waals surface area contributed by atoms with Gasteiger partial charge in [-0.3, -0.25) is 0 Å². The molecule has 21 heavy (non-hydrogen) atoms. The van der Waals surface area contributed by atoms with Gasteiger partial charge in [0.15, 0.2) is 0 Å². The molecule has 2 aliphatic carbocycles. The molecule has 1 saturated carbocycles. The lowest BCUT2D eigenvalue weighted by Gasteiger charge is -2.29. The van der Waals surface area contributed by atoms with Crippen LogP contribution in [0.15, 0.2) is 6.33 Å². The van der Waals surface area contributed by atoms with Gasteiger partial charge in [-0.25, -0.2) is 9.97 Å². The van der Waals surface area contributed by atoms with Crippen molar-refractivity contribution < 1.29 is 0 Å². The van der Waals surface area contributed by atoms with Crippen molar-refractivity contribution in [2.75, 3.05) is 18.0 Å². The Bertz CT molecular complexity index is 516. The van der Waals surface area contributed by atoms with Crippen LogP contribution in [0.1, 0.15) is 49.8 Å². The zero-order chi connectivity index (χ0) is 14.2. The molecule has 0 bridgehead atoms. The Hall–Kier alpha value is -1.16. The summed E-state index contributed by atoms with van der Waals surface area (Å²) in [5.41, 5.74) is 9.10. The van der Waals surface area contributed by atoms with Crippen LogP contribution < -0.4 is 10.6 Å². The van der Waals surface area contributed by atoms with Crippen LogP contribution in [0.25, 0.3) is 0 Å². The van der Waals surface area contributed by atoms with Crippen LogP contribution in [0, 0.1) is 11.8 Å². The highest BCUT2D eigenvalue weighted by Gasteiger charge is 2.39. The fourth-order valence-corrected chi connectivity index (χ4v) is 4.64. The van der Waals surface area contributed by atoms with E-state index in [-0.39, 0.29) is 0 Å². The molecule has 114 valence electrons. The van der Waals surface area contributed by atoms with E-state index in [0.29, 0.717) is 12.0 Å². The van der Waals surface area contributed by atoms with Gasteiger partial charge >= 0.3 is 0 Å². The molecule has 1 saturated heterocycles. The summed E-state index contributed by atoms with van der Waals surface area (Å²) in [6.45, 7) is 2.26. The second-order valence-electron chi connectivity index (χ2n) is 7.11. The third-order valence-corrected chi connectivity index (χ3v) is 5.81. The molecule has 0 amide bonds. The molecule has 0 spiro atoms. The lowest BCUT2D eigenvalue weighted by atomic mass is 9.78. The van der Waals surface area contributed by atoms with Crippen LogP contribution in [-0.2, 0) is 12.8 Å². The first-order valence-corrected chi connectivity index (χ1v) is 8.66. The normalized spacial score (nSPS) is 32.4. The van der Waals surface area contributed by atoms with E-state index in [1.807, 2.05) is 0 Å². The van der Waals surface area contributed by atoms with Gasteiger partial charge in [-0.2, -0.15) is 0 Å². The number of hydrogen-bond acceptors (Lipinski definition) is 4. The molecule has 1 aliphatic heterocycles. The lowest BCUT2D eigenvalue weighted by molar-refractivity contribution is 0.260. The highest BCUT2D eigenvalue weighted by atomic mass is 15.2. The molecule has 4 rings (SSSR count). The Morgan fingerprint density at radius 1 is 1.00 bits per heavy atom. The molecule has 4 heteroatoms. The van der Waals surface area contributed by atoms with Crippen molar-refractivity contribution in [1.29, 1.82) is 0 Å². The summed E-state index contributed by atoms with van der Waals surface area (Å²) in [5.74, 6) is 2.68. The minimum absolute atomic E-state index is 0.397. The molecule has 0 radical (unpaired) electrons. The predicted octanol–water partition coefficient (Wildman–Crippen LogP) is 2.31. The van der Waals surface area contributed by atoms with Crippen molar-refractivity contribution >= 4 is 5.82 Å². The zero-order valence-electron chi connectivity index (χ0n) is 12.8. The van der Waals surface area contributed by atoms with Gasteiger partial charge in [-0.1, -0.05) is 12.8 Å². The van der Waals surface area contributed by atoms with Gasteiger partial charge < -0.3 is 10.6 Å². The first-order valence-electron chi connectivity index (χ1n) is 8.66. The molecule has 2 fully saturated rings. The predicted molar refractivity (Wildman–Crippen MR) is 84.3 cm³/mol. The van der Waals surface area contributed by atoms with E-state index in [1.165, 1.54) is 55.6 Å². The maximum absolute atomic E-state index is 6.36. The average Bonchev–Trinajstić information content (AvgIpc) is 2.79. The van der Waals surface area contributed by atoms with E-state index in [9.17, 15) is 0 Å². The maximum atomic E-state index is 6.36. The molecule has 1 aromatic rings. The molecule has 2 heterocycles. The van der Waals surface area contributed by atoms with E-state index >= 15 is 0 Å². The Morgan fingerprint density at radius 2 is 1.90 bits per heavy atom. The fraction of sp³-hybridized carbons (Fsp3) is 0.765. The summed E-state index contributed by atoms with van der Waals surface area (Å²) in [6, 6.07) is 0.397. The molecular formula is C17H26N4. The second kappa shape index (κ2) is 5.56. The summed E-state index contributed by atoms with van der Waals surface area (Å²) in [6.07, 6.45) is 11.8. The van der Waals surface area contributed by atoms with Gasteiger partial charge in [-0.15, -0.1) is 0 Å². The summed E-state index contributed by atoms with van der Waals surface area (Å²) in [4.78, 5) is 11.7. The number of nitrogens with zero attached hydrogens (tertiary/aromatic N) is 3. The minimum Gasteiger partial charge on any atom is -0.356 e. The molecular weight excluding hydrogens is 260 g/mol. The highest BCUT2D eigenvalue weighted by molar-refractivity contribution is 5.50. The Balaban J connectivity index is 1.62. The molecule has 3 atom stereocenters. The summed E-state index contributed by atoms with van der Waals surface area (Å²) >= 11 is 0. The first kappa shape index (κ1) is 13.5. The van der Waals surface area contributed by atoms with Crippen molar-refractivity contribution in [2.45, 2.75) is 57.4 Å². The third-order valence-electron chi connectivity index (χ3n) is 5.81. The van der Waals surface area contributed by atoms with E-state index in [2.05, 4.69) is 14.9 Å². The van der Waals surface area contributed by atoms with Crippen LogP contribution in [0.3, 0.4) is 0 Å². The van der Waals surface area contributed by atoms with Gasteiger partial charge in [0.25, 0.3) is 0 Å². The number of anilines is 1. The van der Waals surface area contributed by atoms with Crippen LogP contribution in [-0.4, -0.2) is 29.1 Å². The monoisotopic (exact) mass is 286 g/mol. The van der Waals surface area contributed by atoms with E-state index in [1.54, 1.807) is 6.33 Å². The quantitative estimate of drug-likeness (QED) is 0.805. The van der Waals surface area contributed by atoms with Gasteiger partial charge in [-0.05, 0) is 50.4 Å². The van der Waals surface area contributed by atoms with Crippen molar-refractivity contribution in [2.24, 2.45) is 17.6 Å². The maximum Gasteiger partial charge on any atom is 0.135 e. The molecule has 2 N–H and O–H groups in total. The number of aromatic nitrogens is 2. The highest BCUT2D eigenvalue weighted by Crippen LogP contribution is 2.38. The Kier molecular flexibility index (Phi) is 3.57. The molecule has 0 aromatic carbocycles. The van der Waals surface area contributed by atoms with E-state index in [0.717, 1.165) is 31.8 Å². The van der Waals surface area contributed by atoms with Gasteiger partial charge in [0.1, 0.15) is 12.1 Å². The van der Waals surface area contributed by atoms with Crippen LogP contribution >= 0.6 is 0 Å². The van der Waals surface area contributed by atoms with Crippen molar-refractivity contribution in [3.05, 3.63) is 17.6 Å². The largest absolute Gasteiger partial charge is 0.356 e. The van der Waals surface area contributed by atoms with Crippen LogP contribution in [0.2, 0.25) is 0 Å². The second-order valence-corrected chi connectivity index (χ2v) is 7.11. The van der Waals surface area contributed by atoms with E-state index < -0.39 is 0 Å². The lowest BCUT2D eigenvalue weighted by Crippen LogP contribution is -2.38. The smallest absolute Gasteiger partial charge is 0.135 e. The first-order chi connectivity index (χ1) is 10.3. The standard InChI is InChI=1S/C17H26N4/c18-15-7-4-5-12-9-21(10-14(12)15)17-13-6-2-1-3-8-16(13)19-11-20-17/h11-12,14-15H,1-10,18H2. The number of aryl methyl sites for hydroxylation is 1. The van der Waals surface area contributed by atoms with Gasteiger partial charge in [0.2, 0.25) is 0 Å². The Morgan fingerprint density at radius 3 is 2.81 bits per heavy atom. The SMILES string of the molecule is NC1CCCC2CN(c3ncnc4c3CCCCC4)CC12. The molecule has 3 aliphatic rings.